The molecule has 0 bridgehead atoms. The molecule has 0 amide bonds. The van der Waals surface area contributed by atoms with Crippen molar-refractivity contribution < 1.29 is 0 Å². The van der Waals surface area contributed by atoms with E-state index in [1.807, 2.05) is 0 Å². The van der Waals surface area contributed by atoms with Gasteiger partial charge in [-0.1, -0.05) is 67.5 Å². The molecule has 1 aliphatic rings. The minimum absolute atomic E-state index is 0.381. The van der Waals surface area contributed by atoms with Gasteiger partial charge < -0.3 is 0 Å². The van der Waals surface area contributed by atoms with Crippen molar-refractivity contribution in [1.29, 1.82) is 0 Å². The molecule has 0 heteroatoms. The van der Waals surface area contributed by atoms with E-state index in [9.17, 15) is 0 Å². The second kappa shape index (κ2) is 6.09. The monoisotopic (exact) mass is 292 g/mol. The van der Waals surface area contributed by atoms with Crippen LogP contribution in [0.2, 0.25) is 0 Å². The molecule has 0 nitrogen and oxygen atoms in total. The lowest BCUT2D eigenvalue weighted by Crippen LogP contribution is -2.44. The molecule has 0 aliphatic heterocycles. The number of rotatable bonds is 5. The van der Waals surface area contributed by atoms with Crippen LogP contribution in [0.5, 0.6) is 0 Å². The maximum atomic E-state index is 4.36. The first-order valence-electron chi connectivity index (χ1n) is 8.91. The van der Waals surface area contributed by atoms with Crippen molar-refractivity contribution in [3.8, 4) is 0 Å². The van der Waals surface area contributed by atoms with Gasteiger partial charge in [0.1, 0.15) is 0 Å². The fourth-order valence-electron chi connectivity index (χ4n) is 6.04. The molecule has 0 aromatic heterocycles. The maximum absolute atomic E-state index is 4.36. The van der Waals surface area contributed by atoms with Crippen molar-refractivity contribution in [2.45, 2.75) is 88.0 Å². The Labute approximate surface area is 134 Å². The van der Waals surface area contributed by atoms with Crippen molar-refractivity contribution in [3.05, 3.63) is 12.2 Å². The van der Waals surface area contributed by atoms with Gasteiger partial charge in [0.05, 0.1) is 0 Å². The summed E-state index contributed by atoms with van der Waals surface area (Å²) in [5.41, 5.74) is 2.69. The van der Waals surface area contributed by atoms with Crippen LogP contribution in [0.1, 0.15) is 88.0 Å². The molecule has 0 N–H and O–H groups in total. The first-order chi connectivity index (χ1) is 9.26. The standard InChI is InChI=1S/C21H40/c1-15(2)11-19(5,6)12-17-13-20(7,8)14-21(9,10)18(17)16(3)4/h15,17-18H,3,11-14H2,1-2,4-10H3/t17-,18-/m1/s1. The maximum Gasteiger partial charge on any atom is -0.0128 e. The summed E-state index contributed by atoms with van der Waals surface area (Å²) >= 11 is 0. The van der Waals surface area contributed by atoms with Gasteiger partial charge in [0.15, 0.2) is 0 Å². The fraction of sp³-hybridized carbons (Fsp3) is 0.905. The van der Waals surface area contributed by atoms with Crippen LogP contribution in [0.25, 0.3) is 0 Å². The zero-order valence-corrected chi connectivity index (χ0v) is 16.3. The molecule has 2 atom stereocenters. The Balaban J connectivity index is 3.02. The fourth-order valence-corrected chi connectivity index (χ4v) is 6.04. The Morgan fingerprint density at radius 1 is 1.19 bits per heavy atom. The Hall–Kier alpha value is -0.260. The van der Waals surface area contributed by atoms with Gasteiger partial charge in [-0.2, -0.15) is 0 Å². The highest BCUT2D eigenvalue weighted by atomic mass is 14.5. The molecule has 0 radical (unpaired) electrons. The Morgan fingerprint density at radius 2 is 1.71 bits per heavy atom. The summed E-state index contributed by atoms with van der Waals surface area (Å²) in [5, 5.41) is 0. The Bertz CT molecular complexity index is 367. The zero-order chi connectivity index (χ0) is 16.6. The number of allylic oxidation sites excluding steroid dienone is 1. The van der Waals surface area contributed by atoms with E-state index in [1.54, 1.807) is 0 Å². The average molecular weight is 293 g/mol. The Kier molecular flexibility index (Phi) is 5.45. The first kappa shape index (κ1) is 18.8. The van der Waals surface area contributed by atoms with Gasteiger partial charge in [-0.3, -0.25) is 0 Å². The van der Waals surface area contributed by atoms with Crippen molar-refractivity contribution in [3.63, 3.8) is 0 Å². The third-order valence-corrected chi connectivity index (χ3v) is 5.37. The van der Waals surface area contributed by atoms with Gasteiger partial charge in [-0.05, 0) is 66.6 Å². The predicted octanol–water partition coefficient (Wildman–Crippen LogP) is 7.10. The van der Waals surface area contributed by atoms with Gasteiger partial charge in [-0.15, -0.1) is 0 Å². The zero-order valence-electron chi connectivity index (χ0n) is 16.3. The van der Waals surface area contributed by atoms with E-state index in [0.717, 1.165) is 11.8 Å². The minimum Gasteiger partial charge on any atom is -0.0998 e. The molecule has 0 unspecified atom stereocenters. The van der Waals surface area contributed by atoms with E-state index in [4.69, 9.17) is 0 Å². The Morgan fingerprint density at radius 3 is 2.14 bits per heavy atom. The van der Waals surface area contributed by atoms with Crippen molar-refractivity contribution in [2.24, 2.45) is 34.0 Å². The highest BCUT2D eigenvalue weighted by Crippen LogP contribution is 2.56. The normalized spacial score (nSPS) is 28.7. The molecular formula is C21H40. The van der Waals surface area contributed by atoms with E-state index in [0.29, 0.717) is 22.2 Å². The van der Waals surface area contributed by atoms with E-state index in [2.05, 4.69) is 68.9 Å². The lowest BCUT2D eigenvalue weighted by Gasteiger charge is -2.53. The second-order valence-electron chi connectivity index (χ2n) is 10.6. The topological polar surface area (TPSA) is 0 Å². The molecule has 1 fully saturated rings. The SMILES string of the molecule is C=C(C)[C@@H]1[C@H](CC(C)(C)CC(C)C)CC(C)(C)CC1(C)C. The molecule has 21 heavy (non-hydrogen) atoms. The molecule has 0 spiro atoms. The van der Waals surface area contributed by atoms with E-state index in [-0.39, 0.29) is 0 Å². The summed E-state index contributed by atoms with van der Waals surface area (Å²) in [6.07, 6.45) is 5.34. The van der Waals surface area contributed by atoms with Crippen molar-refractivity contribution >= 4 is 0 Å². The largest absolute Gasteiger partial charge is 0.0998 e. The number of hydrogen-bond donors (Lipinski definition) is 0. The molecule has 0 heterocycles. The van der Waals surface area contributed by atoms with Gasteiger partial charge >= 0.3 is 0 Å². The third-order valence-electron chi connectivity index (χ3n) is 5.37. The molecule has 0 aromatic carbocycles. The summed E-state index contributed by atoms with van der Waals surface area (Å²) in [7, 11) is 0. The predicted molar refractivity (Wildman–Crippen MR) is 96.4 cm³/mol. The van der Waals surface area contributed by atoms with Gasteiger partial charge in [0, 0.05) is 0 Å². The van der Waals surface area contributed by atoms with Crippen LogP contribution >= 0.6 is 0 Å². The van der Waals surface area contributed by atoms with Gasteiger partial charge in [0.2, 0.25) is 0 Å². The highest BCUT2D eigenvalue weighted by molar-refractivity contribution is 5.10. The molecule has 124 valence electrons. The third kappa shape index (κ3) is 5.15. The van der Waals surface area contributed by atoms with E-state index >= 15 is 0 Å². The first-order valence-corrected chi connectivity index (χ1v) is 8.91. The second-order valence-corrected chi connectivity index (χ2v) is 10.6. The summed E-state index contributed by atoms with van der Waals surface area (Å²) in [4.78, 5) is 0. The average Bonchev–Trinajstić information content (AvgIpc) is 2.06. The van der Waals surface area contributed by atoms with Gasteiger partial charge in [0.25, 0.3) is 0 Å². The van der Waals surface area contributed by atoms with E-state index < -0.39 is 0 Å². The smallest absolute Gasteiger partial charge is 0.0128 e. The van der Waals surface area contributed by atoms with Crippen LogP contribution in [0.15, 0.2) is 12.2 Å². The lowest BCUT2D eigenvalue weighted by molar-refractivity contribution is -0.00439. The molecule has 1 saturated carbocycles. The van der Waals surface area contributed by atoms with E-state index in [1.165, 1.54) is 31.3 Å². The van der Waals surface area contributed by atoms with Crippen LogP contribution in [0, 0.1) is 34.0 Å². The molecule has 1 aliphatic carbocycles. The summed E-state index contributed by atoms with van der Waals surface area (Å²) in [5.74, 6) is 2.25. The van der Waals surface area contributed by atoms with Crippen LogP contribution in [0.4, 0.5) is 0 Å². The summed E-state index contributed by atoms with van der Waals surface area (Å²) in [6, 6.07) is 0. The highest BCUT2D eigenvalue weighted by Gasteiger charge is 2.47. The van der Waals surface area contributed by atoms with Crippen LogP contribution in [0.3, 0.4) is 0 Å². The molecule has 0 aromatic rings. The minimum atomic E-state index is 0.381. The van der Waals surface area contributed by atoms with Crippen LogP contribution in [-0.4, -0.2) is 0 Å². The quantitative estimate of drug-likeness (QED) is 0.474. The lowest BCUT2D eigenvalue weighted by atomic mass is 9.52. The van der Waals surface area contributed by atoms with Crippen LogP contribution in [-0.2, 0) is 0 Å². The summed E-state index contributed by atoms with van der Waals surface area (Å²) in [6.45, 7) is 26.1. The van der Waals surface area contributed by atoms with Crippen LogP contribution < -0.4 is 0 Å². The van der Waals surface area contributed by atoms with Crippen molar-refractivity contribution in [2.75, 3.05) is 0 Å². The summed E-state index contributed by atoms with van der Waals surface area (Å²) < 4.78 is 0. The molecule has 0 saturated heterocycles. The number of hydrogen-bond acceptors (Lipinski definition) is 0. The van der Waals surface area contributed by atoms with Gasteiger partial charge in [-0.25, -0.2) is 0 Å². The van der Waals surface area contributed by atoms with Crippen molar-refractivity contribution in [1.82, 2.24) is 0 Å². The molecular weight excluding hydrogens is 252 g/mol. The molecule has 1 rings (SSSR count).